The van der Waals surface area contributed by atoms with E-state index in [9.17, 15) is 19.8 Å². The summed E-state index contributed by atoms with van der Waals surface area (Å²) in [6, 6.07) is 8.16. The van der Waals surface area contributed by atoms with E-state index in [1.165, 1.54) is 18.2 Å². The second-order valence-electron chi connectivity index (χ2n) is 4.99. The molecule has 1 aromatic rings. The maximum Gasteiger partial charge on any atom is 0.322 e. The molecule has 1 aliphatic carbocycles. The fraction of sp³-hybridized carbons (Fsp3) is 0.200. The van der Waals surface area contributed by atoms with Gasteiger partial charge in [0.15, 0.2) is 5.54 Å². The van der Waals surface area contributed by atoms with E-state index in [-0.39, 0.29) is 0 Å². The molecule has 4 N–H and O–H groups in total. The molecular weight excluding hydrogens is 272 g/mol. The van der Waals surface area contributed by atoms with Crippen LogP contribution < -0.4 is 10.6 Å². The highest BCUT2D eigenvalue weighted by molar-refractivity contribution is 6.09. The summed E-state index contributed by atoms with van der Waals surface area (Å²) >= 11 is 0. The highest BCUT2D eigenvalue weighted by atomic mass is 16.3. The number of amides is 3. The predicted molar refractivity (Wildman–Crippen MR) is 74.0 cm³/mol. The molecule has 1 heterocycles. The van der Waals surface area contributed by atoms with Crippen LogP contribution in [0.5, 0.6) is 0 Å². The molecule has 0 aromatic heterocycles. The van der Waals surface area contributed by atoms with Gasteiger partial charge in [-0.25, -0.2) is 4.79 Å². The first kappa shape index (κ1) is 13.5. The number of hydrogen-bond acceptors (Lipinski definition) is 4. The van der Waals surface area contributed by atoms with Crippen LogP contribution in [0, 0.1) is 0 Å². The van der Waals surface area contributed by atoms with E-state index in [1.807, 2.05) is 0 Å². The summed E-state index contributed by atoms with van der Waals surface area (Å²) in [7, 11) is 0. The van der Waals surface area contributed by atoms with Gasteiger partial charge in [-0.3, -0.25) is 10.1 Å². The first-order chi connectivity index (χ1) is 10.0. The molecule has 21 heavy (non-hydrogen) atoms. The largest absolute Gasteiger partial charge is 0.386 e. The van der Waals surface area contributed by atoms with Crippen molar-refractivity contribution in [2.75, 3.05) is 0 Å². The molecule has 1 aromatic carbocycles. The summed E-state index contributed by atoms with van der Waals surface area (Å²) < 4.78 is 0. The van der Waals surface area contributed by atoms with Crippen LogP contribution in [-0.2, 0) is 10.3 Å². The van der Waals surface area contributed by atoms with Crippen molar-refractivity contribution in [2.24, 2.45) is 0 Å². The van der Waals surface area contributed by atoms with Gasteiger partial charge in [0, 0.05) is 0 Å². The molecule has 1 fully saturated rings. The summed E-state index contributed by atoms with van der Waals surface area (Å²) in [5, 5.41) is 24.2. The zero-order chi connectivity index (χ0) is 15.0. The van der Waals surface area contributed by atoms with E-state index in [1.54, 1.807) is 30.3 Å². The van der Waals surface area contributed by atoms with E-state index in [4.69, 9.17) is 0 Å². The molecule has 0 saturated carbocycles. The van der Waals surface area contributed by atoms with E-state index in [0.717, 1.165) is 0 Å². The van der Waals surface area contributed by atoms with Crippen molar-refractivity contribution in [1.82, 2.24) is 10.6 Å². The maximum absolute atomic E-state index is 12.4. The Morgan fingerprint density at radius 2 is 1.76 bits per heavy atom. The van der Waals surface area contributed by atoms with Gasteiger partial charge in [0.25, 0.3) is 5.91 Å². The first-order valence-electron chi connectivity index (χ1n) is 6.50. The summed E-state index contributed by atoms with van der Waals surface area (Å²) in [6.07, 6.45) is 2.15. The van der Waals surface area contributed by atoms with Crippen LogP contribution in [0.15, 0.2) is 54.1 Å². The lowest BCUT2D eigenvalue weighted by molar-refractivity contribution is -0.123. The molecule has 1 saturated heterocycles. The average Bonchev–Trinajstić information content (AvgIpc) is 2.78. The summed E-state index contributed by atoms with van der Waals surface area (Å²) in [5.74, 6) is -0.516. The summed E-state index contributed by atoms with van der Waals surface area (Å²) in [5.41, 5.74) is -0.404. The molecule has 3 unspecified atom stereocenters. The number of imide groups is 1. The minimum absolute atomic E-state index is 0.412. The van der Waals surface area contributed by atoms with Crippen LogP contribution in [0.4, 0.5) is 4.79 Å². The third-order valence-electron chi connectivity index (χ3n) is 3.68. The smallest absolute Gasteiger partial charge is 0.322 e. The number of rotatable bonds is 2. The quantitative estimate of drug-likeness (QED) is 0.572. The number of urea groups is 1. The number of benzene rings is 1. The van der Waals surface area contributed by atoms with Gasteiger partial charge in [-0.15, -0.1) is 0 Å². The molecule has 3 amide bonds. The third kappa shape index (κ3) is 2.05. The van der Waals surface area contributed by atoms with Crippen LogP contribution in [0.1, 0.15) is 5.56 Å². The van der Waals surface area contributed by atoms with Gasteiger partial charge in [0.1, 0.15) is 12.2 Å². The normalized spacial score (nSPS) is 31.6. The molecule has 0 radical (unpaired) electrons. The third-order valence-corrected chi connectivity index (χ3v) is 3.68. The average molecular weight is 286 g/mol. The lowest BCUT2D eigenvalue weighted by atomic mass is 9.79. The minimum Gasteiger partial charge on any atom is -0.386 e. The molecule has 6 nitrogen and oxygen atoms in total. The molecule has 0 spiro atoms. The highest BCUT2D eigenvalue weighted by Crippen LogP contribution is 2.35. The Kier molecular flexibility index (Phi) is 3.12. The molecule has 1 aliphatic heterocycles. The topological polar surface area (TPSA) is 98.7 Å². The monoisotopic (exact) mass is 286 g/mol. The van der Waals surface area contributed by atoms with Crippen LogP contribution in [-0.4, -0.2) is 34.4 Å². The maximum atomic E-state index is 12.4. The second kappa shape index (κ2) is 4.83. The first-order valence-corrected chi connectivity index (χ1v) is 6.50. The Hall–Kier alpha value is -2.44. The van der Waals surface area contributed by atoms with Crippen LogP contribution in [0.3, 0.4) is 0 Å². The number of aliphatic hydroxyl groups is 2. The van der Waals surface area contributed by atoms with Crippen LogP contribution in [0.2, 0.25) is 0 Å². The van der Waals surface area contributed by atoms with Gasteiger partial charge < -0.3 is 15.5 Å². The van der Waals surface area contributed by atoms with Crippen molar-refractivity contribution in [2.45, 2.75) is 17.7 Å². The Balaban J connectivity index is 2.15. The fourth-order valence-electron chi connectivity index (χ4n) is 2.62. The summed E-state index contributed by atoms with van der Waals surface area (Å²) in [4.78, 5) is 24.0. The van der Waals surface area contributed by atoms with Crippen LogP contribution in [0.25, 0.3) is 0 Å². The van der Waals surface area contributed by atoms with Crippen molar-refractivity contribution in [3.8, 4) is 0 Å². The van der Waals surface area contributed by atoms with Gasteiger partial charge in [-0.2, -0.15) is 0 Å². The number of hydrogen-bond donors (Lipinski definition) is 4. The number of aliphatic hydroxyl groups excluding tert-OH is 2. The molecule has 3 atom stereocenters. The number of carbonyl (C=O) groups is 2. The zero-order valence-corrected chi connectivity index (χ0v) is 11.0. The Morgan fingerprint density at radius 3 is 2.33 bits per heavy atom. The van der Waals surface area contributed by atoms with Crippen molar-refractivity contribution in [3.63, 3.8) is 0 Å². The lowest BCUT2D eigenvalue weighted by Crippen LogP contribution is -2.46. The van der Waals surface area contributed by atoms with E-state index in [2.05, 4.69) is 10.6 Å². The SMILES string of the molecule is O=C1NC(=O)C(C2=CC(O)C(O)C=C2)(c2ccccc2)N1. The van der Waals surface area contributed by atoms with Crippen molar-refractivity contribution in [3.05, 3.63) is 59.7 Å². The van der Waals surface area contributed by atoms with Crippen molar-refractivity contribution in [1.29, 1.82) is 0 Å². The summed E-state index contributed by atoms with van der Waals surface area (Å²) in [6.45, 7) is 0. The van der Waals surface area contributed by atoms with E-state index in [0.29, 0.717) is 11.1 Å². The highest BCUT2D eigenvalue weighted by Gasteiger charge is 2.50. The van der Waals surface area contributed by atoms with Gasteiger partial charge in [-0.05, 0) is 17.2 Å². The van der Waals surface area contributed by atoms with E-state index < -0.39 is 29.7 Å². The zero-order valence-electron chi connectivity index (χ0n) is 11.0. The predicted octanol–water partition coefficient (Wildman–Crippen LogP) is -0.0607. The van der Waals surface area contributed by atoms with Gasteiger partial charge in [0.2, 0.25) is 0 Å². The van der Waals surface area contributed by atoms with Gasteiger partial charge in [-0.1, -0.05) is 42.5 Å². The Morgan fingerprint density at radius 1 is 1.05 bits per heavy atom. The molecular formula is C15H14N2O4. The lowest BCUT2D eigenvalue weighted by Gasteiger charge is -2.31. The van der Waals surface area contributed by atoms with E-state index >= 15 is 0 Å². The number of carbonyl (C=O) groups excluding carboxylic acids is 2. The van der Waals surface area contributed by atoms with Crippen LogP contribution >= 0.6 is 0 Å². The fourth-order valence-corrected chi connectivity index (χ4v) is 2.62. The van der Waals surface area contributed by atoms with Gasteiger partial charge >= 0.3 is 6.03 Å². The minimum atomic E-state index is -1.39. The van der Waals surface area contributed by atoms with Crippen molar-refractivity contribution < 1.29 is 19.8 Å². The molecule has 3 rings (SSSR count). The number of nitrogens with one attached hydrogen (secondary N) is 2. The molecule has 6 heteroatoms. The molecule has 2 aliphatic rings. The van der Waals surface area contributed by atoms with Gasteiger partial charge in [0.05, 0.1) is 0 Å². The standard InChI is InChI=1S/C15H14N2O4/c18-11-7-6-10(8-12(11)19)15(9-4-2-1-3-5-9)13(20)16-14(21)17-15/h1-8,11-12,18-19H,(H2,16,17,20,21). The molecule has 108 valence electrons. The van der Waals surface area contributed by atoms with Crippen molar-refractivity contribution >= 4 is 11.9 Å². The molecule has 0 bridgehead atoms. The Labute approximate surface area is 120 Å². The Bertz CT molecular complexity index is 653. The second-order valence-corrected chi connectivity index (χ2v) is 4.99.